The lowest BCUT2D eigenvalue weighted by Gasteiger charge is -2.16. The first kappa shape index (κ1) is 19.0. The normalized spacial score (nSPS) is 16.1. The van der Waals surface area contributed by atoms with Crippen molar-refractivity contribution in [3.8, 4) is 17.1 Å². The number of rotatable bonds is 5. The molecule has 1 saturated heterocycles. The lowest BCUT2D eigenvalue weighted by molar-refractivity contribution is -0.122. The molecule has 0 radical (unpaired) electrons. The van der Waals surface area contributed by atoms with Crippen molar-refractivity contribution in [2.45, 2.75) is 6.42 Å². The van der Waals surface area contributed by atoms with Gasteiger partial charge in [0.1, 0.15) is 11.6 Å². The molecule has 1 aromatic heterocycles. The summed E-state index contributed by atoms with van der Waals surface area (Å²) in [5.74, 6) is -0.112. The molecule has 2 aromatic carbocycles. The molecule has 1 unspecified atom stereocenters. The van der Waals surface area contributed by atoms with Crippen LogP contribution in [0.25, 0.3) is 11.4 Å². The number of aromatic nitrogens is 2. The van der Waals surface area contributed by atoms with Crippen molar-refractivity contribution >= 4 is 34.2 Å². The van der Waals surface area contributed by atoms with Gasteiger partial charge in [-0.2, -0.15) is 9.36 Å². The largest absolute Gasteiger partial charge is 0.497 e. The van der Waals surface area contributed by atoms with E-state index in [1.807, 2.05) is 0 Å². The van der Waals surface area contributed by atoms with Crippen LogP contribution in [-0.4, -0.2) is 34.8 Å². The Hall–Kier alpha value is -3.33. The molecule has 0 saturated carbocycles. The van der Waals surface area contributed by atoms with E-state index in [0.717, 1.165) is 17.2 Å². The Morgan fingerprint density at radius 2 is 1.93 bits per heavy atom. The second-order valence-electron chi connectivity index (χ2n) is 6.52. The number of anilines is 2. The van der Waals surface area contributed by atoms with Crippen LogP contribution in [0.5, 0.6) is 5.75 Å². The Kier molecular flexibility index (Phi) is 5.22. The predicted molar refractivity (Wildman–Crippen MR) is 107 cm³/mol. The molecule has 2 heterocycles. The highest BCUT2D eigenvalue weighted by molar-refractivity contribution is 7.10. The minimum atomic E-state index is -0.484. The quantitative estimate of drug-likeness (QED) is 0.695. The summed E-state index contributed by atoms with van der Waals surface area (Å²) in [5.41, 5.74) is 1.38. The number of nitrogens with zero attached hydrogens (tertiary/aromatic N) is 3. The average molecular weight is 412 g/mol. The zero-order valence-electron chi connectivity index (χ0n) is 15.5. The van der Waals surface area contributed by atoms with Gasteiger partial charge in [-0.25, -0.2) is 4.39 Å². The Labute approximate surface area is 170 Å². The minimum Gasteiger partial charge on any atom is -0.497 e. The van der Waals surface area contributed by atoms with Crippen LogP contribution in [0.3, 0.4) is 0 Å². The molecular weight excluding hydrogens is 395 g/mol. The van der Waals surface area contributed by atoms with Crippen molar-refractivity contribution in [2.75, 3.05) is 23.9 Å². The summed E-state index contributed by atoms with van der Waals surface area (Å²) >= 11 is 1.04. The fourth-order valence-electron chi connectivity index (χ4n) is 3.09. The molecule has 29 heavy (non-hydrogen) atoms. The van der Waals surface area contributed by atoms with Crippen LogP contribution in [0.2, 0.25) is 0 Å². The summed E-state index contributed by atoms with van der Waals surface area (Å²) in [6.07, 6.45) is 0.126. The van der Waals surface area contributed by atoms with Gasteiger partial charge in [0.15, 0.2) is 5.82 Å². The average Bonchev–Trinajstić information content (AvgIpc) is 3.35. The molecule has 7 nitrogen and oxygen atoms in total. The smallest absolute Gasteiger partial charge is 0.231 e. The monoisotopic (exact) mass is 412 g/mol. The molecular formula is C20H17FN4O3S. The van der Waals surface area contributed by atoms with Crippen molar-refractivity contribution in [1.82, 2.24) is 9.36 Å². The van der Waals surface area contributed by atoms with E-state index in [2.05, 4.69) is 14.7 Å². The number of hydrogen-bond donors (Lipinski definition) is 1. The van der Waals surface area contributed by atoms with E-state index in [1.165, 1.54) is 12.1 Å². The van der Waals surface area contributed by atoms with Crippen molar-refractivity contribution in [3.63, 3.8) is 0 Å². The van der Waals surface area contributed by atoms with E-state index in [1.54, 1.807) is 48.4 Å². The van der Waals surface area contributed by atoms with Crippen molar-refractivity contribution in [2.24, 2.45) is 5.92 Å². The number of amides is 2. The fraction of sp³-hybridized carbons (Fsp3) is 0.200. The Morgan fingerprint density at radius 3 is 2.62 bits per heavy atom. The third kappa shape index (κ3) is 4.09. The lowest BCUT2D eigenvalue weighted by atomic mass is 10.1. The molecule has 0 aliphatic carbocycles. The van der Waals surface area contributed by atoms with Gasteiger partial charge in [0.25, 0.3) is 0 Å². The number of methoxy groups -OCH3 is 1. The third-order valence-electron chi connectivity index (χ3n) is 4.64. The summed E-state index contributed by atoms with van der Waals surface area (Å²) in [7, 11) is 1.57. The number of carbonyl (C=O) groups is 2. The topological polar surface area (TPSA) is 84.4 Å². The zero-order chi connectivity index (χ0) is 20.4. The van der Waals surface area contributed by atoms with Gasteiger partial charge in [0.2, 0.25) is 16.9 Å². The highest BCUT2D eigenvalue weighted by Gasteiger charge is 2.35. The molecule has 0 bridgehead atoms. The van der Waals surface area contributed by atoms with Crippen LogP contribution in [0.4, 0.5) is 15.2 Å². The third-order valence-corrected chi connectivity index (χ3v) is 5.27. The second kappa shape index (κ2) is 7.96. The van der Waals surface area contributed by atoms with Crippen molar-refractivity contribution < 1.29 is 18.7 Å². The van der Waals surface area contributed by atoms with Crippen LogP contribution in [0.15, 0.2) is 48.5 Å². The first-order valence-electron chi connectivity index (χ1n) is 8.88. The maximum Gasteiger partial charge on any atom is 0.231 e. The van der Waals surface area contributed by atoms with Crippen molar-refractivity contribution in [3.05, 3.63) is 54.3 Å². The molecule has 2 amide bonds. The van der Waals surface area contributed by atoms with E-state index in [-0.39, 0.29) is 24.1 Å². The SMILES string of the molecule is COc1ccc(N2CC(C(=O)Nc3nc(-c4ccc(F)cc4)ns3)CC2=O)cc1. The second-order valence-corrected chi connectivity index (χ2v) is 7.27. The molecule has 3 aromatic rings. The molecule has 1 fully saturated rings. The fourth-order valence-corrected chi connectivity index (χ4v) is 3.69. The van der Waals surface area contributed by atoms with E-state index in [9.17, 15) is 14.0 Å². The lowest BCUT2D eigenvalue weighted by Crippen LogP contribution is -2.28. The Morgan fingerprint density at radius 1 is 1.21 bits per heavy atom. The van der Waals surface area contributed by atoms with Crippen LogP contribution in [-0.2, 0) is 9.59 Å². The molecule has 0 spiro atoms. The number of benzene rings is 2. The highest BCUT2D eigenvalue weighted by atomic mass is 32.1. The first-order valence-corrected chi connectivity index (χ1v) is 9.66. The minimum absolute atomic E-state index is 0.111. The summed E-state index contributed by atoms with van der Waals surface area (Å²) in [6.45, 7) is 0.292. The van der Waals surface area contributed by atoms with Gasteiger partial charge in [0.05, 0.1) is 13.0 Å². The Balaban J connectivity index is 1.41. The van der Waals surface area contributed by atoms with Gasteiger partial charge in [-0.15, -0.1) is 0 Å². The molecule has 148 valence electrons. The summed E-state index contributed by atoms with van der Waals surface area (Å²) in [5, 5.41) is 3.07. The Bertz CT molecular complexity index is 1040. The van der Waals surface area contributed by atoms with Gasteiger partial charge >= 0.3 is 0 Å². The summed E-state index contributed by atoms with van der Waals surface area (Å²) in [4.78, 5) is 30.8. The predicted octanol–water partition coefficient (Wildman–Crippen LogP) is 3.34. The van der Waals surface area contributed by atoms with Crippen LogP contribution < -0.4 is 15.0 Å². The number of halogens is 1. The van der Waals surface area contributed by atoms with Gasteiger partial charge in [-0.3, -0.25) is 9.59 Å². The number of hydrogen-bond acceptors (Lipinski definition) is 6. The molecule has 1 atom stereocenters. The van der Waals surface area contributed by atoms with E-state index >= 15 is 0 Å². The van der Waals surface area contributed by atoms with Gasteiger partial charge in [0, 0.05) is 35.7 Å². The molecule has 4 rings (SSSR count). The number of ether oxygens (including phenoxy) is 1. The first-order chi connectivity index (χ1) is 14.0. The standard InChI is InChI=1S/C20H17FN4O3S/c1-28-16-8-6-15(7-9-16)25-11-13(10-17(25)26)19(27)23-20-22-18(24-29-20)12-2-4-14(21)5-3-12/h2-9,13H,10-11H2,1H3,(H,22,23,24,27). The summed E-state index contributed by atoms with van der Waals surface area (Å²) < 4.78 is 22.4. The maximum atomic E-state index is 13.0. The molecule has 1 N–H and O–H groups in total. The van der Waals surface area contributed by atoms with Crippen LogP contribution in [0, 0.1) is 11.7 Å². The van der Waals surface area contributed by atoms with Gasteiger partial charge < -0.3 is 15.0 Å². The van der Waals surface area contributed by atoms with E-state index in [0.29, 0.717) is 28.8 Å². The van der Waals surface area contributed by atoms with Gasteiger partial charge in [-0.05, 0) is 48.5 Å². The maximum absolute atomic E-state index is 13.0. The van der Waals surface area contributed by atoms with Gasteiger partial charge in [-0.1, -0.05) is 0 Å². The van der Waals surface area contributed by atoms with E-state index < -0.39 is 5.92 Å². The highest BCUT2D eigenvalue weighted by Crippen LogP contribution is 2.28. The molecule has 1 aliphatic heterocycles. The number of nitrogens with one attached hydrogen (secondary N) is 1. The van der Waals surface area contributed by atoms with E-state index in [4.69, 9.17) is 4.74 Å². The van der Waals surface area contributed by atoms with Crippen molar-refractivity contribution in [1.29, 1.82) is 0 Å². The molecule has 1 aliphatic rings. The number of carbonyl (C=O) groups excluding carboxylic acids is 2. The molecule has 9 heteroatoms. The van der Waals surface area contributed by atoms with Crippen LogP contribution in [0.1, 0.15) is 6.42 Å². The zero-order valence-corrected chi connectivity index (χ0v) is 16.3. The summed E-state index contributed by atoms with van der Waals surface area (Å²) in [6, 6.07) is 12.9. The van der Waals surface area contributed by atoms with Crippen LogP contribution >= 0.6 is 11.5 Å².